The highest BCUT2D eigenvalue weighted by molar-refractivity contribution is 9.10. The molecule has 3 nitrogen and oxygen atoms in total. The van der Waals surface area contributed by atoms with Gasteiger partial charge in [0.2, 0.25) is 5.91 Å². The summed E-state index contributed by atoms with van der Waals surface area (Å²) in [5.41, 5.74) is 0.614. The Kier molecular flexibility index (Phi) is 5.34. The second-order valence-corrected chi connectivity index (χ2v) is 5.71. The lowest BCUT2D eigenvalue weighted by molar-refractivity contribution is -0.116. The van der Waals surface area contributed by atoms with Crippen LogP contribution in [0.5, 0.6) is 0 Å². The van der Waals surface area contributed by atoms with Crippen LogP contribution in [0.4, 0.5) is 10.1 Å². The van der Waals surface area contributed by atoms with E-state index >= 15 is 0 Å². The van der Waals surface area contributed by atoms with E-state index in [2.05, 4.69) is 26.6 Å². The molecule has 0 saturated carbocycles. The van der Waals surface area contributed by atoms with Crippen LogP contribution in [-0.2, 0) is 4.79 Å². The third kappa shape index (κ3) is 4.58. The van der Waals surface area contributed by atoms with Crippen molar-refractivity contribution in [3.8, 4) is 0 Å². The summed E-state index contributed by atoms with van der Waals surface area (Å²) in [4.78, 5) is 11.8. The van der Waals surface area contributed by atoms with Crippen molar-refractivity contribution in [3.05, 3.63) is 28.5 Å². The molecule has 1 atom stereocenters. The Bertz CT molecular complexity index is 447. The summed E-state index contributed by atoms with van der Waals surface area (Å²) >= 11 is 3.24. The van der Waals surface area contributed by atoms with Gasteiger partial charge in [-0.05, 0) is 59.9 Å². The molecule has 1 aromatic rings. The average molecular weight is 329 g/mol. The van der Waals surface area contributed by atoms with Crippen LogP contribution in [0.2, 0.25) is 0 Å². The zero-order valence-electron chi connectivity index (χ0n) is 10.7. The fraction of sp³-hybridized carbons (Fsp3) is 0.500. The standard InChI is InChI=1S/C14H18BrFN2O/c15-12-9-10(16)4-6-13(12)18-14(19)7-5-11-3-1-2-8-17-11/h4,6,9,11,17H,1-3,5,7-8H2,(H,18,19). The van der Waals surface area contributed by atoms with E-state index in [4.69, 9.17) is 0 Å². The zero-order valence-corrected chi connectivity index (χ0v) is 12.3. The lowest BCUT2D eigenvalue weighted by Gasteiger charge is -2.23. The van der Waals surface area contributed by atoms with Crippen LogP contribution in [0, 0.1) is 5.82 Å². The van der Waals surface area contributed by atoms with Gasteiger partial charge in [-0.15, -0.1) is 0 Å². The minimum atomic E-state index is -0.323. The largest absolute Gasteiger partial charge is 0.325 e. The van der Waals surface area contributed by atoms with Crippen LogP contribution in [-0.4, -0.2) is 18.5 Å². The average Bonchev–Trinajstić information content (AvgIpc) is 2.41. The number of carbonyl (C=O) groups is 1. The van der Waals surface area contributed by atoms with E-state index in [9.17, 15) is 9.18 Å². The smallest absolute Gasteiger partial charge is 0.224 e. The first-order valence-electron chi connectivity index (χ1n) is 6.63. The molecule has 1 fully saturated rings. The van der Waals surface area contributed by atoms with E-state index < -0.39 is 0 Å². The number of piperidine rings is 1. The second-order valence-electron chi connectivity index (χ2n) is 4.86. The number of halogens is 2. The first-order valence-corrected chi connectivity index (χ1v) is 7.43. The van der Waals surface area contributed by atoms with E-state index in [0.29, 0.717) is 22.6 Å². The second kappa shape index (κ2) is 7.01. The van der Waals surface area contributed by atoms with Crippen molar-refractivity contribution in [2.45, 2.75) is 38.1 Å². The molecule has 2 N–H and O–H groups in total. The monoisotopic (exact) mass is 328 g/mol. The molecule has 104 valence electrons. The maximum absolute atomic E-state index is 12.9. The Hall–Kier alpha value is -0.940. The van der Waals surface area contributed by atoms with Crippen molar-refractivity contribution in [2.24, 2.45) is 0 Å². The van der Waals surface area contributed by atoms with E-state index in [1.54, 1.807) is 6.07 Å². The molecule has 1 aliphatic heterocycles. The minimum absolute atomic E-state index is 0.0281. The molecule has 2 rings (SSSR count). The van der Waals surface area contributed by atoms with Gasteiger partial charge in [-0.25, -0.2) is 4.39 Å². The Morgan fingerprint density at radius 2 is 2.32 bits per heavy atom. The van der Waals surface area contributed by atoms with Gasteiger partial charge < -0.3 is 10.6 Å². The summed E-state index contributed by atoms with van der Waals surface area (Å²) < 4.78 is 13.5. The summed E-state index contributed by atoms with van der Waals surface area (Å²) in [6, 6.07) is 4.70. The van der Waals surface area contributed by atoms with Crippen molar-refractivity contribution in [1.82, 2.24) is 5.32 Å². The minimum Gasteiger partial charge on any atom is -0.325 e. The molecular formula is C14H18BrFN2O. The van der Waals surface area contributed by atoms with Crippen molar-refractivity contribution in [1.29, 1.82) is 0 Å². The molecule has 0 aliphatic carbocycles. The van der Waals surface area contributed by atoms with Crippen molar-refractivity contribution in [2.75, 3.05) is 11.9 Å². The highest BCUT2D eigenvalue weighted by Gasteiger charge is 2.14. The maximum atomic E-state index is 12.9. The van der Waals surface area contributed by atoms with Crippen LogP contribution in [0.1, 0.15) is 32.1 Å². The molecule has 5 heteroatoms. The van der Waals surface area contributed by atoms with Crippen LogP contribution in [0.15, 0.2) is 22.7 Å². The van der Waals surface area contributed by atoms with Gasteiger partial charge in [-0.3, -0.25) is 4.79 Å². The van der Waals surface area contributed by atoms with Crippen molar-refractivity contribution >= 4 is 27.5 Å². The molecule has 0 bridgehead atoms. The molecule has 19 heavy (non-hydrogen) atoms. The van der Waals surface area contributed by atoms with Crippen LogP contribution < -0.4 is 10.6 Å². The van der Waals surface area contributed by atoms with Gasteiger partial charge in [0.25, 0.3) is 0 Å². The molecule has 1 amide bonds. The van der Waals surface area contributed by atoms with Gasteiger partial charge in [0, 0.05) is 16.9 Å². The number of amides is 1. The molecule has 1 saturated heterocycles. The predicted octanol–water partition coefficient (Wildman–Crippen LogP) is 3.45. The Morgan fingerprint density at radius 3 is 3.00 bits per heavy atom. The van der Waals surface area contributed by atoms with Gasteiger partial charge in [0.15, 0.2) is 0 Å². The van der Waals surface area contributed by atoms with Gasteiger partial charge in [-0.1, -0.05) is 6.42 Å². The quantitative estimate of drug-likeness (QED) is 0.888. The number of benzene rings is 1. The third-order valence-electron chi connectivity index (χ3n) is 3.34. The van der Waals surface area contributed by atoms with Crippen LogP contribution in [0.25, 0.3) is 0 Å². The molecule has 1 unspecified atom stereocenters. The first kappa shape index (κ1) is 14.5. The first-order chi connectivity index (χ1) is 9.15. The van der Waals surface area contributed by atoms with Gasteiger partial charge in [0.1, 0.15) is 5.82 Å². The Balaban J connectivity index is 1.80. The molecule has 0 radical (unpaired) electrons. The molecular weight excluding hydrogens is 311 g/mol. The molecule has 1 aromatic carbocycles. The molecule has 0 spiro atoms. The van der Waals surface area contributed by atoms with Crippen molar-refractivity contribution in [3.63, 3.8) is 0 Å². The van der Waals surface area contributed by atoms with Crippen LogP contribution in [0.3, 0.4) is 0 Å². The lowest BCUT2D eigenvalue weighted by atomic mass is 10.0. The number of nitrogens with one attached hydrogen (secondary N) is 2. The van der Waals surface area contributed by atoms with Gasteiger partial charge in [0.05, 0.1) is 5.69 Å². The Morgan fingerprint density at radius 1 is 1.47 bits per heavy atom. The molecule has 1 heterocycles. The summed E-state index contributed by atoms with van der Waals surface area (Å²) in [6.07, 6.45) is 4.95. The zero-order chi connectivity index (χ0) is 13.7. The molecule has 1 aliphatic rings. The number of hydrogen-bond acceptors (Lipinski definition) is 2. The van der Waals surface area contributed by atoms with E-state index in [1.807, 2.05) is 0 Å². The van der Waals surface area contributed by atoms with Crippen LogP contribution >= 0.6 is 15.9 Å². The van der Waals surface area contributed by atoms with E-state index in [-0.39, 0.29) is 11.7 Å². The summed E-state index contributed by atoms with van der Waals surface area (Å²) in [5.74, 6) is -0.351. The fourth-order valence-corrected chi connectivity index (χ4v) is 2.73. The normalized spacial score (nSPS) is 19.2. The van der Waals surface area contributed by atoms with E-state index in [0.717, 1.165) is 19.4 Å². The van der Waals surface area contributed by atoms with Gasteiger partial charge in [-0.2, -0.15) is 0 Å². The lowest BCUT2D eigenvalue weighted by Crippen LogP contribution is -2.34. The highest BCUT2D eigenvalue weighted by Crippen LogP contribution is 2.23. The number of anilines is 1. The maximum Gasteiger partial charge on any atom is 0.224 e. The summed E-state index contributed by atoms with van der Waals surface area (Å²) in [7, 11) is 0. The number of carbonyl (C=O) groups excluding carboxylic acids is 1. The topological polar surface area (TPSA) is 41.1 Å². The Labute approximate surface area is 121 Å². The van der Waals surface area contributed by atoms with Gasteiger partial charge >= 0.3 is 0 Å². The number of rotatable bonds is 4. The highest BCUT2D eigenvalue weighted by atomic mass is 79.9. The summed E-state index contributed by atoms with van der Waals surface area (Å²) in [6.45, 7) is 1.05. The SMILES string of the molecule is O=C(CCC1CCCCN1)Nc1ccc(F)cc1Br. The predicted molar refractivity (Wildman–Crippen MR) is 77.6 cm³/mol. The van der Waals surface area contributed by atoms with Crippen molar-refractivity contribution < 1.29 is 9.18 Å². The number of hydrogen-bond donors (Lipinski definition) is 2. The fourth-order valence-electron chi connectivity index (χ4n) is 2.28. The summed E-state index contributed by atoms with van der Waals surface area (Å²) in [5, 5.41) is 6.22. The third-order valence-corrected chi connectivity index (χ3v) is 3.99. The molecule has 0 aromatic heterocycles. The van der Waals surface area contributed by atoms with E-state index in [1.165, 1.54) is 25.0 Å².